The molecule has 1 aromatic carbocycles. The summed E-state index contributed by atoms with van der Waals surface area (Å²) in [6.45, 7) is 3.85. The molecule has 1 heterocycles. The van der Waals surface area contributed by atoms with Crippen LogP contribution in [0.1, 0.15) is 19.8 Å². The molecule has 0 saturated carbocycles. The molecule has 1 unspecified atom stereocenters. The molecule has 138 valence electrons. The molecule has 7 heteroatoms. The number of rotatable bonds is 6. The molecule has 0 bridgehead atoms. The Hall–Kier alpha value is -2.31. The third kappa shape index (κ3) is 5.62. The Morgan fingerprint density at radius 1 is 1.32 bits per heavy atom. The molecule has 0 aliphatic carbocycles. The van der Waals surface area contributed by atoms with E-state index in [4.69, 9.17) is 9.47 Å². The Labute approximate surface area is 147 Å². The number of likely N-dealkylation sites (N-methyl/N-ethyl adjacent to an activating group) is 1. The predicted octanol–water partition coefficient (Wildman–Crippen LogP) is 2.53. The van der Waals surface area contributed by atoms with Crippen molar-refractivity contribution in [1.29, 1.82) is 0 Å². The molecule has 1 aromatic rings. The minimum atomic E-state index is -0.359. The first-order valence-corrected chi connectivity index (χ1v) is 8.56. The molecular weight excluding hydrogens is 327 g/mol. The van der Waals surface area contributed by atoms with Gasteiger partial charge < -0.3 is 19.3 Å². The topological polar surface area (TPSA) is 59.1 Å². The van der Waals surface area contributed by atoms with Crippen molar-refractivity contribution in [2.45, 2.75) is 19.8 Å². The molecule has 0 aromatic heterocycles. The quantitative estimate of drug-likeness (QED) is 0.789. The summed E-state index contributed by atoms with van der Waals surface area (Å²) in [6.07, 6.45) is 1.19. The molecule has 1 aliphatic rings. The van der Waals surface area contributed by atoms with Gasteiger partial charge in [0.15, 0.2) is 0 Å². The maximum atomic E-state index is 12.8. The molecule has 6 nitrogen and oxygen atoms in total. The number of hydrogen-bond donors (Lipinski definition) is 0. The smallest absolute Gasteiger partial charge is 0.409 e. The highest BCUT2D eigenvalue weighted by Gasteiger charge is 2.30. The highest BCUT2D eigenvalue weighted by Crippen LogP contribution is 2.19. The van der Waals surface area contributed by atoms with Gasteiger partial charge in [-0.1, -0.05) is 0 Å². The Balaban J connectivity index is 1.78. The van der Waals surface area contributed by atoms with Gasteiger partial charge in [0, 0.05) is 20.1 Å². The van der Waals surface area contributed by atoms with Crippen LogP contribution >= 0.6 is 0 Å². The van der Waals surface area contributed by atoms with Gasteiger partial charge in [0.1, 0.15) is 18.2 Å². The first-order valence-electron chi connectivity index (χ1n) is 8.56. The van der Waals surface area contributed by atoms with Crippen LogP contribution in [0.5, 0.6) is 5.75 Å². The molecule has 0 radical (unpaired) electrons. The van der Waals surface area contributed by atoms with Gasteiger partial charge in [0.2, 0.25) is 5.91 Å². The van der Waals surface area contributed by atoms with Crippen LogP contribution in [0, 0.1) is 11.7 Å². The molecule has 0 N–H and O–H groups in total. The predicted molar refractivity (Wildman–Crippen MR) is 90.9 cm³/mol. The second-order valence-corrected chi connectivity index (χ2v) is 6.05. The molecule has 1 aliphatic heterocycles. The van der Waals surface area contributed by atoms with Gasteiger partial charge in [-0.3, -0.25) is 4.79 Å². The van der Waals surface area contributed by atoms with Crippen LogP contribution in [0.25, 0.3) is 0 Å². The van der Waals surface area contributed by atoms with Gasteiger partial charge in [0.25, 0.3) is 0 Å². The van der Waals surface area contributed by atoms with Crippen LogP contribution < -0.4 is 4.74 Å². The van der Waals surface area contributed by atoms with Crippen LogP contribution in [-0.4, -0.2) is 61.7 Å². The summed E-state index contributed by atoms with van der Waals surface area (Å²) in [6, 6.07) is 5.76. The van der Waals surface area contributed by atoms with E-state index in [1.807, 2.05) is 0 Å². The fraction of sp³-hybridized carbons (Fsp3) is 0.556. The van der Waals surface area contributed by atoms with E-state index in [2.05, 4.69) is 0 Å². The first-order chi connectivity index (χ1) is 12.0. The van der Waals surface area contributed by atoms with Crippen molar-refractivity contribution in [2.75, 3.05) is 39.9 Å². The van der Waals surface area contributed by atoms with Gasteiger partial charge in [-0.05, 0) is 44.0 Å². The second kappa shape index (κ2) is 9.25. The lowest BCUT2D eigenvalue weighted by Crippen LogP contribution is -2.46. The lowest BCUT2D eigenvalue weighted by atomic mass is 9.97. The number of nitrogens with zero attached hydrogens (tertiary/aromatic N) is 2. The summed E-state index contributed by atoms with van der Waals surface area (Å²) in [5.41, 5.74) is 0. The van der Waals surface area contributed by atoms with Crippen molar-refractivity contribution in [3.8, 4) is 5.75 Å². The number of carbonyl (C=O) groups is 2. The van der Waals surface area contributed by atoms with E-state index in [1.165, 1.54) is 12.1 Å². The van der Waals surface area contributed by atoms with Gasteiger partial charge in [-0.2, -0.15) is 0 Å². The van der Waals surface area contributed by atoms with Crippen LogP contribution in [0.4, 0.5) is 9.18 Å². The van der Waals surface area contributed by atoms with E-state index in [0.29, 0.717) is 38.6 Å². The second-order valence-electron chi connectivity index (χ2n) is 6.05. The Kier molecular flexibility index (Phi) is 7.03. The third-order valence-electron chi connectivity index (χ3n) is 4.18. The highest BCUT2D eigenvalue weighted by atomic mass is 19.1. The van der Waals surface area contributed by atoms with Crippen molar-refractivity contribution in [3.63, 3.8) is 0 Å². The molecule has 1 atom stereocenters. The molecule has 0 spiro atoms. The average molecular weight is 352 g/mol. The lowest BCUT2D eigenvalue weighted by Gasteiger charge is -2.33. The lowest BCUT2D eigenvalue weighted by molar-refractivity contribution is -0.136. The summed E-state index contributed by atoms with van der Waals surface area (Å²) in [7, 11) is 1.72. The minimum absolute atomic E-state index is 0.00305. The molecule has 1 saturated heterocycles. The minimum Gasteiger partial charge on any atom is -0.492 e. The van der Waals surface area contributed by atoms with E-state index in [-0.39, 0.29) is 23.7 Å². The zero-order chi connectivity index (χ0) is 18.2. The van der Waals surface area contributed by atoms with E-state index >= 15 is 0 Å². The van der Waals surface area contributed by atoms with E-state index in [1.54, 1.807) is 35.9 Å². The Morgan fingerprint density at radius 3 is 2.72 bits per heavy atom. The van der Waals surface area contributed by atoms with Gasteiger partial charge in [0.05, 0.1) is 19.1 Å². The number of hydrogen-bond acceptors (Lipinski definition) is 4. The first kappa shape index (κ1) is 19.0. The van der Waals surface area contributed by atoms with Crippen molar-refractivity contribution < 1.29 is 23.5 Å². The maximum Gasteiger partial charge on any atom is 0.409 e. The van der Waals surface area contributed by atoms with Crippen molar-refractivity contribution in [2.24, 2.45) is 5.92 Å². The van der Waals surface area contributed by atoms with Crippen LogP contribution in [0.15, 0.2) is 24.3 Å². The van der Waals surface area contributed by atoms with Crippen LogP contribution in [0.3, 0.4) is 0 Å². The fourth-order valence-electron chi connectivity index (χ4n) is 2.81. The standard InChI is InChI=1S/C18H25FN2O4/c1-3-24-18(23)21-10-4-5-14(13-21)17(22)20(2)11-12-25-16-8-6-15(19)7-9-16/h6-9,14H,3-5,10-13H2,1-2H3. The number of likely N-dealkylation sites (tertiary alicyclic amines) is 1. The highest BCUT2D eigenvalue weighted by molar-refractivity contribution is 5.80. The Morgan fingerprint density at radius 2 is 2.04 bits per heavy atom. The molecular formula is C18H25FN2O4. The molecule has 25 heavy (non-hydrogen) atoms. The van der Waals surface area contributed by atoms with Crippen molar-refractivity contribution >= 4 is 12.0 Å². The normalized spacial score (nSPS) is 17.1. The monoisotopic (exact) mass is 352 g/mol. The van der Waals surface area contributed by atoms with E-state index in [0.717, 1.165) is 12.8 Å². The summed E-state index contributed by atoms with van der Waals surface area (Å²) < 4.78 is 23.4. The van der Waals surface area contributed by atoms with Crippen molar-refractivity contribution in [1.82, 2.24) is 9.80 Å². The zero-order valence-electron chi connectivity index (χ0n) is 14.7. The number of piperidine rings is 1. The van der Waals surface area contributed by atoms with Crippen LogP contribution in [-0.2, 0) is 9.53 Å². The number of ether oxygens (including phenoxy) is 2. The zero-order valence-corrected chi connectivity index (χ0v) is 14.7. The average Bonchev–Trinajstić information content (AvgIpc) is 2.63. The third-order valence-corrected chi connectivity index (χ3v) is 4.18. The summed E-state index contributed by atoms with van der Waals surface area (Å²) in [5, 5.41) is 0. The van der Waals surface area contributed by atoms with E-state index in [9.17, 15) is 14.0 Å². The SMILES string of the molecule is CCOC(=O)N1CCCC(C(=O)N(C)CCOc2ccc(F)cc2)C1. The number of amides is 2. The fourth-order valence-corrected chi connectivity index (χ4v) is 2.81. The van der Waals surface area contributed by atoms with Gasteiger partial charge >= 0.3 is 6.09 Å². The summed E-state index contributed by atoms with van der Waals surface area (Å²) in [5.74, 6) is 0.0298. The van der Waals surface area contributed by atoms with Gasteiger partial charge in [-0.15, -0.1) is 0 Å². The molecule has 2 rings (SSSR count). The Bertz CT molecular complexity index is 579. The van der Waals surface area contributed by atoms with E-state index < -0.39 is 0 Å². The number of benzene rings is 1. The molecule has 2 amide bonds. The van der Waals surface area contributed by atoms with Gasteiger partial charge in [-0.25, -0.2) is 9.18 Å². The molecule has 1 fully saturated rings. The van der Waals surface area contributed by atoms with Crippen LogP contribution in [0.2, 0.25) is 0 Å². The maximum absolute atomic E-state index is 12.8. The number of carbonyl (C=O) groups excluding carboxylic acids is 2. The largest absolute Gasteiger partial charge is 0.492 e. The summed E-state index contributed by atoms with van der Waals surface area (Å²) >= 11 is 0. The number of halogens is 1. The summed E-state index contributed by atoms with van der Waals surface area (Å²) in [4.78, 5) is 27.6. The van der Waals surface area contributed by atoms with Crippen molar-refractivity contribution in [3.05, 3.63) is 30.1 Å².